The molecule has 7 heteroatoms. The molecule has 1 amide bonds. The molecular formula is C28H25NO5S. The number of Topliss-reactive ketones (excluding diaryl/α,β-unsaturated/α-hetero) is 1. The van der Waals surface area contributed by atoms with Gasteiger partial charge in [0.2, 0.25) is 5.91 Å². The summed E-state index contributed by atoms with van der Waals surface area (Å²) in [5, 5.41) is 1.94. The molecule has 6 rings (SSSR count). The Hall–Kier alpha value is -3.29. The third kappa shape index (κ3) is 2.88. The van der Waals surface area contributed by atoms with Gasteiger partial charge in [-0.3, -0.25) is 14.4 Å². The van der Waals surface area contributed by atoms with Crippen molar-refractivity contribution in [2.75, 3.05) is 11.5 Å². The predicted octanol–water partition coefficient (Wildman–Crippen LogP) is 4.37. The first-order valence-corrected chi connectivity index (χ1v) is 12.8. The van der Waals surface area contributed by atoms with Crippen molar-refractivity contribution >= 4 is 34.7 Å². The zero-order chi connectivity index (χ0) is 24.2. The van der Waals surface area contributed by atoms with Crippen LogP contribution in [-0.2, 0) is 41.4 Å². The van der Waals surface area contributed by atoms with Crippen LogP contribution in [0.1, 0.15) is 35.8 Å². The fraction of sp³-hybridized carbons (Fsp3) is 0.321. The maximum absolute atomic E-state index is 14.8. The van der Waals surface area contributed by atoms with Crippen LogP contribution >= 0.6 is 11.3 Å². The molecule has 2 saturated heterocycles. The minimum absolute atomic E-state index is 0.154. The Balaban J connectivity index is 1.63. The molecule has 178 valence electrons. The Morgan fingerprint density at radius 3 is 2.60 bits per heavy atom. The fourth-order valence-corrected chi connectivity index (χ4v) is 7.28. The SMILES string of the molecule is CCOC(=O)[C@@H]1[C@H]2O[C@](c3cccs3)(CCC2=O)[C@@]12C(=O)N(Cc1ccccc1)c1ccccc12. The van der Waals surface area contributed by atoms with Crippen molar-refractivity contribution in [1.29, 1.82) is 0 Å². The Labute approximate surface area is 207 Å². The third-order valence-corrected chi connectivity index (χ3v) is 8.63. The van der Waals surface area contributed by atoms with Crippen LogP contribution in [0, 0.1) is 5.92 Å². The number of fused-ring (bicyclic) bond motifs is 5. The molecule has 35 heavy (non-hydrogen) atoms. The molecule has 4 heterocycles. The van der Waals surface area contributed by atoms with Crippen LogP contribution in [0.2, 0.25) is 0 Å². The number of para-hydroxylation sites is 1. The molecule has 3 aromatic rings. The molecule has 0 radical (unpaired) electrons. The van der Waals surface area contributed by atoms with Crippen molar-refractivity contribution in [3.05, 3.63) is 88.1 Å². The number of ether oxygens (including phenoxy) is 2. The largest absolute Gasteiger partial charge is 0.466 e. The lowest BCUT2D eigenvalue weighted by atomic mass is 9.60. The van der Waals surface area contributed by atoms with Crippen molar-refractivity contribution in [1.82, 2.24) is 0 Å². The van der Waals surface area contributed by atoms with E-state index in [-0.39, 0.29) is 24.7 Å². The second-order valence-electron chi connectivity index (χ2n) is 9.24. The molecule has 1 spiro atoms. The number of nitrogens with zero attached hydrogens (tertiary/aromatic N) is 1. The number of benzene rings is 2. The average molecular weight is 488 g/mol. The molecule has 0 N–H and O–H groups in total. The summed E-state index contributed by atoms with van der Waals surface area (Å²) in [7, 11) is 0. The first kappa shape index (κ1) is 22.2. The highest BCUT2D eigenvalue weighted by molar-refractivity contribution is 7.10. The maximum Gasteiger partial charge on any atom is 0.313 e. The van der Waals surface area contributed by atoms with Crippen LogP contribution in [0.15, 0.2) is 72.1 Å². The van der Waals surface area contributed by atoms with Crippen LogP contribution < -0.4 is 4.90 Å². The summed E-state index contributed by atoms with van der Waals surface area (Å²) in [6.45, 7) is 2.24. The molecule has 4 atom stereocenters. The summed E-state index contributed by atoms with van der Waals surface area (Å²) in [6, 6.07) is 21.2. The van der Waals surface area contributed by atoms with Gasteiger partial charge < -0.3 is 14.4 Å². The van der Waals surface area contributed by atoms with E-state index in [1.807, 2.05) is 72.1 Å². The van der Waals surface area contributed by atoms with Gasteiger partial charge in [-0.1, -0.05) is 54.6 Å². The first-order valence-electron chi connectivity index (χ1n) is 11.9. The first-order chi connectivity index (χ1) is 17.0. The Morgan fingerprint density at radius 1 is 1.09 bits per heavy atom. The van der Waals surface area contributed by atoms with Gasteiger partial charge in [0.15, 0.2) is 5.78 Å². The molecule has 2 bridgehead atoms. The highest BCUT2D eigenvalue weighted by Gasteiger charge is 2.78. The summed E-state index contributed by atoms with van der Waals surface area (Å²) in [5.41, 5.74) is -0.0782. The van der Waals surface area contributed by atoms with E-state index in [0.29, 0.717) is 13.0 Å². The highest BCUT2D eigenvalue weighted by Crippen LogP contribution is 2.67. The fourth-order valence-electron chi connectivity index (χ4n) is 6.32. The molecule has 1 aromatic heterocycles. The topological polar surface area (TPSA) is 72.9 Å². The third-order valence-electron chi connectivity index (χ3n) is 7.62. The minimum Gasteiger partial charge on any atom is -0.466 e. The molecule has 3 aliphatic rings. The number of rotatable bonds is 5. The zero-order valence-electron chi connectivity index (χ0n) is 19.3. The van der Waals surface area contributed by atoms with Crippen molar-refractivity contribution in [2.24, 2.45) is 5.92 Å². The second-order valence-corrected chi connectivity index (χ2v) is 10.2. The van der Waals surface area contributed by atoms with Crippen molar-refractivity contribution in [3.8, 4) is 0 Å². The molecule has 0 aliphatic carbocycles. The van der Waals surface area contributed by atoms with Crippen molar-refractivity contribution < 1.29 is 23.9 Å². The Kier molecular flexibility index (Phi) is 5.16. The van der Waals surface area contributed by atoms with Gasteiger partial charge in [0.1, 0.15) is 23.0 Å². The standard InChI is InChI=1S/C28H25NO5S/c1-2-33-25(31)23-24-21(30)14-15-27(34-24,22-13-8-16-35-22)28(23)19-11-6-7-12-20(19)29(26(28)32)17-18-9-4-3-5-10-18/h3-13,16,23-24H,2,14-15,17H2,1H3/t23-,24-,27-,28+/m0/s1. The Morgan fingerprint density at radius 2 is 1.86 bits per heavy atom. The smallest absolute Gasteiger partial charge is 0.313 e. The van der Waals surface area contributed by atoms with E-state index in [4.69, 9.17) is 9.47 Å². The number of anilines is 1. The van der Waals surface area contributed by atoms with Crippen molar-refractivity contribution in [3.63, 3.8) is 0 Å². The Bertz CT molecular complexity index is 1310. The summed E-state index contributed by atoms with van der Waals surface area (Å²) >= 11 is 1.49. The number of esters is 1. The number of thiophene rings is 1. The van der Waals surface area contributed by atoms with Gasteiger partial charge in [0.25, 0.3) is 0 Å². The maximum atomic E-state index is 14.8. The van der Waals surface area contributed by atoms with Gasteiger partial charge >= 0.3 is 5.97 Å². The lowest BCUT2D eigenvalue weighted by Crippen LogP contribution is -2.57. The van der Waals surface area contributed by atoms with E-state index in [2.05, 4.69) is 0 Å². The van der Waals surface area contributed by atoms with Gasteiger partial charge in [-0.15, -0.1) is 11.3 Å². The molecule has 2 aromatic carbocycles. The number of carbonyl (C=O) groups is 3. The number of hydrogen-bond donors (Lipinski definition) is 0. The van der Waals surface area contributed by atoms with Crippen molar-refractivity contribution in [2.45, 2.75) is 43.4 Å². The second kappa shape index (κ2) is 8.14. The van der Waals surface area contributed by atoms with Crippen LogP contribution in [-0.4, -0.2) is 30.4 Å². The summed E-state index contributed by atoms with van der Waals surface area (Å²) < 4.78 is 12.1. The number of amides is 1. The molecule has 6 nitrogen and oxygen atoms in total. The van der Waals surface area contributed by atoms with Gasteiger partial charge in [-0.05, 0) is 42.0 Å². The van der Waals surface area contributed by atoms with E-state index >= 15 is 0 Å². The van der Waals surface area contributed by atoms with E-state index in [1.54, 1.807) is 11.8 Å². The summed E-state index contributed by atoms with van der Waals surface area (Å²) in [5.74, 6) is -1.99. The van der Waals surface area contributed by atoms with Gasteiger partial charge in [0.05, 0.1) is 13.2 Å². The molecule has 0 saturated carbocycles. The number of ketones is 1. The molecule has 3 aliphatic heterocycles. The van der Waals surface area contributed by atoms with Gasteiger partial charge in [0, 0.05) is 17.0 Å². The van der Waals surface area contributed by atoms with E-state index < -0.39 is 29.0 Å². The number of hydrogen-bond acceptors (Lipinski definition) is 6. The average Bonchev–Trinajstić information content (AvgIpc) is 3.56. The highest BCUT2D eigenvalue weighted by atomic mass is 32.1. The van der Waals surface area contributed by atoms with E-state index in [0.717, 1.165) is 21.7 Å². The van der Waals surface area contributed by atoms with Gasteiger partial charge in [-0.25, -0.2) is 0 Å². The molecule has 2 fully saturated rings. The summed E-state index contributed by atoms with van der Waals surface area (Å²) in [6.07, 6.45) is -0.453. The van der Waals surface area contributed by atoms with Gasteiger partial charge in [-0.2, -0.15) is 0 Å². The van der Waals surface area contributed by atoms with Crippen LogP contribution in [0.4, 0.5) is 5.69 Å². The van der Waals surface area contributed by atoms with E-state index in [1.165, 1.54) is 11.3 Å². The predicted molar refractivity (Wildman–Crippen MR) is 131 cm³/mol. The van der Waals surface area contributed by atoms with Crippen LogP contribution in [0.3, 0.4) is 0 Å². The van der Waals surface area contributed by atoms with Crippen LogP contribution in [0.5, 0.6) is 0 Å². The summed E-state index contributed by atoms with van der Waals surface area (Å²) in [4.78, 5) is 44.2. The normalized spacial score (nSPS) is 29.0. The number of carbonyl (C=O) groups excluding carboxylic acids is 3. The zero-order valence-corrected chi connectivity index (χ0v) is 20.1. The molecule has 0 unspecified atom stereocenters. The minimum atomic E-state index is -1.40. The molecular weight excluding hydrogens is 462 g/mol. The lowest BCUT2D eigenvalue weighted by molar-refractivity contribution is -0.158. The monoisotopic (exact) mass is 487 g/mol. The lowest BCUT2D eigenvalue weighted by Gasteiger charge is -2.42. The quantitative estimate of drug-likeness (QED) is 0.500. The van der Waals surface area contributed by atoms with E-state index in [9.17, 15) is 14.4 Å². The van der Waals surface area contributed by atoms with Crippen LogP contribution in [0.25, 0.3) is 0 Å².